The number of aromatic nitrogens is 2. The fourth-order valence-corrected chi connectivity index (χ4v) is 1.56. The maximum Gasteiger partial charge on any atom is 0.271 e. The van der Waals surface area contributed by atoms with E-state index in [4.69, 9.17) is 0 Å². The number of carbonyl (C=O) groups excluding carboxylic acids is 1. The van der Waals surface area contributed by atoms with Crippen LogP contribution in [0, 0.1) is 0 Å². The molecule has 5 nitrogen and oxygen atoms in total. The predicted octanol–water partition coefficient (Wildman–Crippen LogP) is 0.447. The lowest BCUT2D eigenvalue weighted by molar-refractivity contribution is 0.0958. The molecule has 0 fully saturated rings. The highest BCUT2D eigenvalue weighted by atomic mass is 16.1. The normalized spacial score (nSPS) is 19.7. The van der Waals surface area contributed by atoms with Crippen LogP contribution in [0.25, 0.3) is 0 Å². The molecule has 0 saturated heterocycles. The number of imidazole rings is 1. The van der Waals surface area contributed by atoms with Crippen molar-refractivity contribution in [3.05, 3.63) is 11.9 Å². The third-order valence-electron chi connectivity index (χ3n) is 2.41. The van der Waals surface area contributed by atoms with Crippen LogP contribution in [0.5, 0.6) is 0 Å². The van der Waals surface area contributed by atoms with Crippen molar-refractivity contribution in [1.82, 2.24) is 14.9 Å². The third-order valence-corrected chi connectivity index (χ3v) is 2.41. The van der Waals surface area contributed by atoms with Gasteiger partial charge in [0.1, 0.15) is 5.69 Å². The summed E-state index contributed by atoms with van der Waals surface area (Å²) in [7, 11) is 1.61. The standard InChI is InChI=1S/C9H14N4O/c1-6-3-4-13-5-7(8(14)10-2)12-9(13)11-6/h5-6H,3-4H2,1-2H3,(H,10,14)(H,11,12). The number of nitrogens with one attached hydrogen (secondary N) is 2. The Kier molecular flexibility index (Phi) is 2.15. The number of nitrogens with zero attached hydrogens (tertiary/aromatic N) is 2. The molecule has 0 aromatic carbocycles. The number of aryl methyl sites for hydroxylation is 1. The van der Waals surface area contributed by atoms with Crippen molar-refractivity contribution in [2.45, 2.75) is 25.9 Å². The molecule has 2 rings (SSSR count). The van der Waals surface area contributed by atoms with Crippen molar-refractivity contribution in [3.63, 3.8) is 0 Å². The lowest BCUT2D eigenvalue weighted by Crippen LogP contribution is -2.25. The van der Waals surface area contributed by atoms with Crippen LogP contribution in [0.4, 0.5) is 5.95 Å². The molecule has 2 heterocycles. The zero-order valence-corrected chi connectivity index (χ0v) is 8.37. The molecule has 0 spiro atoms. The lowest BCUT2D eigenvalue weighted by Gasteiger charge is -2.21. The minimum atomic E-state index is -0.138. The first-order valence-corrected chi connectivity index (χ1v) is 4.76. The number of carbonyl (C=O) groups is 1. The van der Waals surface area contributed by atoms with Gasteiger partial charge in [0.05, 0.1) is 0 Å². The third kappa shape index (κ3) is 1.45. The number of rotatable bonds is 1. The Morgan fingerprint density at radius 1 is 1.79 bits per heavy atom. The zero-order chi connectivity index (χ0) is 10.1. The zero-order valence-electron chi connectivity index (χ0n) is 8.37. The van der Waals surface area contributed by atoms with Crippen LogP contribution in [0.15, 0.2) is 6.20 Å². The van der Waals surface area contributed by atoms with Crippen LogP contribution in [-0.2, 0) is 6.54 Å². The van der Waals surface area contributed by atoms with Gasteiger partial charge in [-0.1, -0.05) is 0 Å². The van der Waals surface area contributed by atoms with Crippen molar-refractivity contribution in [1.29, 1.82) is 0 Å². The highest BCUT2D eigenvalue weighted by Gasteiger charge is 2.18. The van der Waals surface area contributed by atoms with Gasteiger partial charge < -0.3 is 15.2 Å². The molecular weight excluding hydrogens is 180 g/mol. The molecule has 1 unspecified atom stereocenters. The highest BCUT2D eigenvalue weighted by Crippen LogP contribution is 2.17. The lowest BCUT2D eigenvalue weighted by atomic mass is 10.2. The van der Waals surface area contributed by atoms with Crippen LogP contribution in [0.3, 0.4) is 0 Å². The van der Waals surface area contributed by atoms with E-state index in [0.29, 0.717) is 11.7 Å². The molecule has 1 atom stereocenters. The Morgan fingerprint density at radius 2 is 2.57 bits per heavy atom. The van der Waals surface area contributed by atoms with Gasteiger partial charge in [0.2, 0.25) is 5.95 Å². The highest BCUT2D eigenvalue weighted by molar-refractivity contribution is 5.92. The maximum atomic E-state index is 11.3. The van der Waals surface area contributed by atoms with Crippen LogP contribution >= 0.6 is 0 Å². The molecule has 1 aromatic heterocycles. The van der Waals surface area contributed by atoms with Gasteiger partial charge in [0, 0.05) is 25.8 Å². The average molecular weight is 194 g/mol. The van der Waals surface area contributed by atoms with Gasteiger partial charge in [0.15, 0.2) is 0 Å². The van der Waals surface area contributed by atoms with Crippen molar-refractivity contribution < 1.29 is 4.79 Å². The summed E-state index contributed by atoms with van der Waals surface area (Å²) in [4.78, 5) is 15.5. The van der Waals surface area contributed by atoms with Crippen molar-refractivity contribution in [3.8, 4) is 0 Å². The molecule has 1 aromatic rings. The maximum absolute atomic E-state index is 11.3. The Balaban J connectivity index is 2.27. The summed E-state index contributed by atoms with van der Waals surface area (Å²) in [5.74, 6) is 0.656. The summed E-state index contributed by atoms with van der Waals surface area (Å²) in [6.45, 7) is 3.03. The first-order chi connectivity index (χ1) is 6.70. The summed E-state index contributed by atoms with van der Waals surface area (Å²) in [6, 6.07) is 0.433. The summed E-state index contributed by atoms with van der Waals surface area (Å²) in [6.07, 6.45) is 2.85. The molecule has 0 saturated carbocycles. The van der Waals surface area contributed by atoms with Gasteiger partial charge in [-0.05, 0) is 13.3 Å². The van der Waals surface area contributed by atoms with Crippen molar-refractivity contribution in [2.75, 3.05) is 12.4 Å². The molecule has 1 aliphatic heterocycles. The molecule has 5 heteroatoms. The van der Waals surface area contributed by atoms with E-state index in [0.717, 1.165) is 18.9 Å². The molecule has 14 heavy (non-hydrogen) atoms. The molecule has 76 valence electrons. The molecule has 1 amide bonds. The molecule has 0 aliphatic carbocycles. The van der Waals surface area contributed by atoms with Crippen LogP contribution in [0.2, 0.25) is 0 Å². The van der Waals surface area contributed by atoms with Gasteiger partial charge >= 0.3 is 0 Å². The van der Waals surface area contributed by atoms with E-state index in [-0.39, 0.29) is 5.91 Å². The quantitative estimate of drug-likeness (QED) is 0.682. The van der Waals surface area contributed by atoms with E-state index in [1.54, 1.807) is 13.2 Å². The second kappa shape index (κ2) is 3.32. The number of fused-ring (bicyclic) bond motifs is 1. The first kappa shape index (κ1) is 9.05. The minimum Gasteiger partial charge on any atom is -0.354 e. The summed E-state index contributed by atoms with van der Waals surface area (Å²) in [5, 5.41) is 5.79. The molecular formula is C9H14N4O. The van der Waals surface area contributed by atoms with Crippen LogP contribution in [-0.4, -0.2) is 28.5 Å². The van der Waals surface area contributed by atoms with Gasteiger partial charge in [-0.2, -0.15) is 0 Å². The summed E-state index contributed by atoms with van der Waals surface area (Å²) >= 11 is 0. The van der Waals surface area contributed by atoms with Gasteiger partial charge in [-0.3, -0.25) is 4.79 Å². The molecule has 2 N–H and O–H groups in total. The SMILES string of the molecule is CNC(=O)c1cn2c(n1)NC(C)CC2. The van der Waals surface area contributed by atoms with Gasteiger partial charge in [0.25, 0.3) is 5.91 Å². The van der Waals surface area contributed by atoms with Gasteiger partial charge in [-0.25, -0.2) is 4.98 Å². The van der Waals surface area contributed by atoms with E-state index in [2.05, 4.69) is 22.5 Å². The largest absolute Gasteiger partial charge is 0.354 e. The van der Waals surface area contributed by atoms with Crippen molar-refractivity contribution >= 4 is 11.9 Å². The smallest absolute Gasteiger partial charge is 0.271 e. The van der Waals surface area contributed by atoms with E-state index in [9.17, 15) is 4.79 Å². The summed E-state index contributed by atoms with van der Waals surface area (Å²) < 4.78 is 1.98. The Bertz CT molecular complexity index is 358. The number of hydrogen-bond donors (Lipinski definition) is 2. The number of hydrogen-bond acceptors (Lipinski definition) is 3. The second-order valence-electron chi connectivity index (χ2n) is 3.56. The average Bonchev–Trinajstić information content (AvgIpc) is 2.59. The fraction of sp³-hybridized carbons (Fsp3) is 0.556. The fourth-order valence-electron chi connectivity index (χ4n) is 1.56. The van der Waals surface area contributed by atoms with Crippen molar-refractivity contribution in [2.24, 2.45) is 0 Å². The minimum absolute atomic E-state index is 0.138. The Labute approximate surface area is 82.5 Å². The molecule has 1 aliphatic rings. The molecule has 0 radical (unpaired) electrons. The Hall–Kier alpha value is -1.52. The van der Waals surface area contributed by atoms with Crippen LogP contribution in [0.1, 0.15) is 23.8 Å². The van der Waals surface area contributed by atoms with E-state index in [1.807, 2.05) is 4.57 Å². The van der Waals surface area contributed by atoms with E-state index in [1.165, 1.54) is 0 Å². The monoisotopic (exact) mass is 194 g/mol. The van der Waals surface area contributed by atoms with Crippen LogP contribution < -0.4 is 10.6 Å². The number of amides is 1. The molecule has 0 bridgehead atoms. The predicted molar refractivity (Wildman–Crippen MR) is 53.3 cm³/mol. The second-order valence-corrected chi connectivity index (χ2v) is 3.56. The number of anilines is 1. The topological polar surface area (TPSA) is 59.0 Å². The summed E-state index contributed by atoms with van der Waals surface area (Å²) in [5.41, 5.74) is 0.476. The van der Waals surface area contributed by atoms with Gasteiger partial charge in [-0.15, -0.1) is 0 Å². The van der Waals surface area contributed by atoms with E-state index >= 15 is 0 Å². The first-order valence-electron chi connectivity index (χ1n) is 4.76. The van der Waals surface area contributed by atoms with E-state index < -0.39 is 0 Å². The Morgan fingerprint density at radius 3 is 3.29 bits per heavy atom.